The van der Waals surface area contributed by atoms with E-state index in [4.69, 9.17) is 15.3 Å². The number of hydrazone groups is 1. The third-order valence-electron chi connectivity index (χ3n) is 3.69. The molecule has 0 saturated carbocycles. The van der Waals surface area contributed by atoms with Gasteiger partial charge in [0.1, 0.15) is 6.61 Å². The minimum absolute atomic E-state index is 0.341. The van der Waals surface area contributed by atoms with E-state index in [1.807, 2.05) is 48.5 Å². The second-order valence-electron chi connectivity index (χ2n) is 5.46. The number of aryl methyl sites for hydroxylation is 1. The van der Waals surface area contributed by atoms with Gasteiger partial charge >= 0.3 is 0 Å². The molecule has 134 valence electrons. The summed E-state index contributed by atoms with van der Waals surface area (Å²) in [5.41, 5.74) is 4.58. The molecule has 8 heteroatoms. The third-order valence-corrected chi connectivity index (χ3v) is 3.69. The lowest BCUT2D eigenvalue weighted by atomic mass is 10.2. The van der Waals surface area contributed by atoms with Crippen molar-refractivity contribution in [1.29, 1.82) is 0 Å². The maximum Gasteiger partial charge on any atom is 0.263 e. The van der Waals surface area contributed by atoms with Crippen LogP contribution in [0, 0.1) is 6.92 Å². The molecule has 0 radical (unpaired) electrons. The molecule has 0 amide bonds. The molecule has 0 atom stereocenters. The van der Waals surface area contributed by atoms with E-state index in [0.717, 1.165) is 11.1 Å². The van der Waals surface area contributed by atoms with Gasteiger partial charge in [-0.2, -0.15) is 5.10 Å². The Bertz CT molecular complexity index is 892. The zero-order valence-corrected chi connectivity index (χ0v) is 14.6. The lowest BCUT2D eigenvalue weighted by Crippen LogP contribution is -2.13. The van der Waals surface area contributed by atoms with Gasteiger partial charge in [0.05, 0.1) is 13.3 Å². The number of nitrogens with one attached hydrogen (secondary N) is 1. The standard InChI is InChI=1S/C18H20N6O2/c1-13-21-23-18(24(13)19)22-20-11-15-9-6-10-16(25-2)17(15)26-12-14-7-4-3-5-8-14/h3-11H,12,19H2,1-2H3,(H,22,23)/b20-11-. The van der Waals surface area contributed by atoms with Crippen LogP contribution >= 0.6 is 0 Å². The van der Waals surface area contributed by atoms with E-state index in [9.17, 15) is 0 Å². The number of para-hydroxylation sites is 1. The number of nitrogens with two attached hydrogens (primary N) is 1. The van der Waals surface area contributed by atoms with Crippen LogP contribution in [0.2, 0.25) is 0 Å². The highest BCUT2D eigenvalue weighted by atomic mass is 16.5. The minimum Gasteiger partial charge on any atom is -0.493 e. The normalized spacial score (nSPS) is 10.8. The Labute approximate surface area is 151 Å². The Morgan fingerprint density at radius 3 is 2.65 bits per heavy atom. The van der Waals surface area contributed by atoms with Crippen LogP contribution in [0.1, 0.15) is 17.0 Å². The van der Waals surface area contributed by atoms with Gasteiger partial charge in [-0.3, -0.25) is 0 Å². The zero-order chi connectivity index (χ0) is 18.4. The van der Waals surface area contributed by atoms with Crippen molar-refractivity contribution >= 4 is 12.2 Å². The van der Waals surface area contributed by atoms with Crippen LogP contribution in [-0.2, 0) is 6.61 Å². The molecule has 0 fully saturated rings. The van der Waals surface area contributed by atoms with Crippen molar-refractivity contribution in [3.05, 3.63) is 65.5 Å². The van der Waals surface area contributed by atoms with E-state index in [1.165, 1.54) is 4.68 Å². The van der Waals surface area contributed by atoms with Crippen LogP contribution in [0.5, 0.6) is 11.5 Å². The van der Waals surface area contributed by atoms with E-state index in [-0.39, 0.29) is 0 Å². The molecule has 26 heavy (non-hydrogen) atoms. The molecule has 0 unspecified atom stereocenters. The predicted molar refractivity (Wildman–Crippen MR) is 99.9 cm³/mol. The molecule has 3 N–H and O–H groups in total. The summed E-state index contributed by atoms with van der Waals surface area (Å²) in [6.45, 7) is 2.17. The molecule has 2 aromatic carbocycles. The molecular formula is C18H20N6O2. The molecule has 0 aliphatic carbocycles. The Balaban J connectivity index is 1.77. The SMILES string of the molecule is COc1cccc(/C=N\Nc2nnc(C)n2N)c1OCc1ccccc1. The first kappa shape index (κ1) is 17.3. The average molecular weight is 352 g/mol. The number of nitrogens with zero attached hydrogens (tertiary/aromatic N) is 4. The predicted octanol–water partition coefficient (Wildman–Crippen LogP) is 2.33. The van der Waals surface area contributed by atoms with Gasteiger partial charge < -0.3 is 15.3 Å². The van der Waals surface area contributed by atoms with Gasteiger partial charge in [-0.1, -0.05) is 36.4 Å². The first-order chi connectivity index (χ1) is 12.7. The smallest absolute Gasteiger partial charge is 0.263 e. The second-order valence-corrected chi connectivity index (χ2v) is 5.46. The Hall–Kier alpha value is -3.55. The summed E-state index contributed by atoms with van der Waals surface area (Å²) >= 11 is 0. The van der Waals surface area contributed by atoms with Crippen LogP contribution in [0.25, 0.3) is 0 Å². The Morgan fingerprint density at radius 2 is 1.96 bits per heavy atom. The largest absolute Gasteiger partial charge is 0.493 e. The van der Waals surface area contributed by atoms with E-state index < -0.39 is 0 Å². The Kier molecular flexibility index (Phi) is 5.33. The highest BCUT2D eigenvalue weighted by molar-refractivity contribution is 5.85. The number of nitrogen functional groups attached to an aromatic ring is 1. The van der Waals surface area contributed by atoms with Crippen molar-refractivity contribution in [2.24, 2.45) is 5.10 Å². The highest BCUT2D eigenvalue weighted by Gasteiger charge is 2.10. The molecule has 1 aromatic heterocycles. The molecule has 0 aliphatic heterocycles. The maximum absolute atomic E-state index is 5.97. The van der Waals surface area contributed by atoms with E-state index in [2.05, 4.69) is 20.7 Å². The Morgan fingerprint density at radius 1 is 1.15 bits per heavy atom. The van der Waals surface area contributed by atoms with Crippen LogP contribution in [-0.4, -0.2) is 28.2 Å². The van der Waals surface area contributed by atoms with Gasteiger partial charge in [-0.05, 0) is 24.6 Å². The third kappa shape index (κ3) is 3.92. The summed E-state index contributed by atoms with van der Waals surface area (Å²) in [6.07, 6.45) is 1.62. The highest BCUT2D eigenvalue weighted by Crippen LogP contribution is 2.30. The van der Waals surface area contributed by atoms with Gasteiger partial charge in [-0.25, -0.2) is 10.1 Å². The summed E-state index contributed by atoms with van der Waals surface area (Å²) in [4.78, 5) is 0. The fourth-order valence-electron chi connectivity index (χ4n) is 2.28. The number of rotatable bonds is 7. The van der Waals surface area contributed by atoms with E-state index >= 15 is 0 Å². The number of methoxy groups -OCH3 is 1. The number of hydrogen-bond acceptors (Lipinski definition) is 7. The maximum atomic E-state index is 5.97. The van der Waals surface area contributed by atoms with Gasteiger partial charge in [0.15, 0.2) is 17.3 Å². The summed E-state index contributed by atoms with van der Waals surface area (Å²) in [6, 6.07) is 15.5. The van der Waals surface area contributed by atoms with Gasteiger partial charge in [-0.15, -0.1) is 10.2 Å². The van der Waals surface area contributed by atoms with Crippen molar-refractivity contribution in [2.45, 2.75) is 13.5 Å². The van der Waals surface area contributed by atoms with Crippen molar-refractivity contribution in [2.75, 3.05) is 18.4 Å². The molecule has 0 aliphatic rings. The van der Waals surface area contributed by atoms with Crippen molar-refractivity contribution in [1.82, 2.24) is 14.9 Å². The lowest BCUT2D eigenvalue weighted by Gasteiger charge is -2.13. The number of anilines is 1. The summed E-state index contributed by atoms with van der Waals surface area (Å²) in [5, 5.41) is 11.9. The number of benzene rings is 2. The molecular weight excluding hydrogens is 332 g/mol. The van der Waals surface area contributed by atoms with Gasteiger partial charge in [0.25, 0.3) is 5.95 Å². The fourth-order valence-corrected chi connectivity index (χ4v) is 2.28. The number of aromatic nitrogens is 3. The van der Waals surface area contributed by atoms with Crippen LogP contribution in [0.4, 0.5) is 5.95 Å². The van der Waals surface area contributed by atoms with Crippen molar-refractivity contribution < 1.29 is 9.47 Å². The quantitative estimate of drug-likeness (QED) is 0.385. The average Bonchev–Trinajstić information content (AvgIpc) is 2.99. The molecule has 0 spiro atoms. The fraction of sp³-hybridized carbons (Fsp3) is 0.167. The molecule has 8 nitrogen and oxygen atoms in total. The summed E-state index contributed by atoms with van der Waals surface area (Å²) < 4.78 is 12.7. The van der Waals surface area contributed by atoms with Gasteiger partial charge in [0, 0.05) is 5.56 Å². The van der Waals surface area contributed by atoms with E-state index in [1.54, 1.807) is 20.2 Å². The molecule has 1 heterocycles. The van der Waals surface area contributed by atoms with E-state index in [0.29, 0.717) is 29.9 Å². The molecule has 3 rings (SSSR count). The van der Waals surface area contributed by atoms with Crippen LogP contribution in [0.3, 0.4) is 0 Å². The van der Waals surface area contributed by atoms with Crippen LogP contribution < -0.4 is 20.7 Å². The van der Waals surface area contributed by atoms with Crippen LogP contribution in [0.15, 0.2) is 53.6 Å². The van der Waals surface area contributed by atoms with Crippen molar-refractivity contribution in [3.63, 3.8) is 0 Å². The minimum atomic E-state index is 0.341. The zero-order valence-electron chi connectivity index (χ0n) is 14.6. The number of ether oxygens (including phenoxy) is 2. The number of hydrogen-bond donors (Lipinski definition) is 2. The van der Waals surface area contributed by atoms with Crippen molar-refractivity contribution in [3.8, 4) is 11.5 Å². The monoisotopic (exact) mass is 352 g/mol. The first-order valence-electron chi connectivity index (χ1n) is 7.99. The topological polar surface area (TPSA) is 99.6 Å². The molecule has 3 aromatic rings. The lowest BCUT2D eigenvalue weighted by molar-refractivity contribution is 0.284. The second kappa shape index (κ2) is 8.02. The summed E-state index contributed by atoms with van der Waals surface area (Å²) in [7, 11) is 1.60. The molecule has 0 bridgehead atoms. The molecule has 0 saturated heterocycles. The summed E-state index contributed by atoms with van der Waals surface area (Å²) in [5.74, 6) is 7.93. The first-order valence-corrected chi connectivity index (χ1v) is 7.99. The van der Waals surface area contributed by atoms with Gasteiger partial charge in [0.2, 0.25) is 0 Å².